The zero-order valence-corrected chi connectivity index (χ0v) is 14.8. The molecule has 5 nitrogen and oxygen atoms in total. The third-order valence-corrected chi connectivity index (χ3v) is 5.29. The second-order valence-electron chi connectivity index (χ2n) is 5.32. The van der Waals surface area contributed by atoms with Crippen molar-refractivity contribution in [3.8, 4) is 0 Å². The van der Waals surface area contributed by atoms with Gasteiger partial charge < -0.3 is 5.32 Å². The first-order valence-corrected chi connectivity index (χ1v) is 9.24. The number of rotatable bonds is 8. The Kier molecular flexibility index (Phi) is 7.62. The van der Waals surface area contributed by atoms with Crippen LogP contribution in [0.5, 0.6) is 0 Å². The van der Waals surface area contributed by atoms with E-state index in [1.165, 1.54) is 29.6 Å². The molecule has 9 heteroatoms. The lowest BCUT2D eigenvalue weighted by atomic mass is 10.1. The van der Waals surface area contributed by atoms with Crippen molar-refractivity contribution in [1.29, 1.82) is 0 Å². The Labute approximate surface area is 145 Å². The summed E-state index contributed by atoms with van der Waals surface area (Å²) >= 11 is 0. The van der Waals surface area contributed by atoms with E-state index in [-0.39, 0.29) is 24.4 Å². The summed E-state index contributed by atoms with van der Waals surface area (Å²) < 4.78 is 62.1. The first kappa shape index (κ1) is 21.2. The second-order valence-corrected chi connectivity index (χ2v) is 7.69. The van der Waals surface area contributed by atoms with Gasteiger partial charge in [0.05, 0.1) is 11.3 Å². The molecular weight excluding hydrogens is 357 g/mol. The monoisotopic (exact) mass is 378 g/mol. The van der Waals surface area contributed by atoms with E-state index in [9.17, 15) is 26.4 Å². The quantitative estimate of drug-likeness (QED) is 0.558. The number of hydrogen-bond donors (Lipinski definition) is 1. The van der Waals surface area contributed by atoms with Crippen LogP contribution >= 0.6 is 0 Å². The maximum absolute atomic E-state index is 12.6. The van der Waals surface area contributed by atoms with Gasteiger partial charge in [-0.3, -0.25) is 4.79 Å². The van der Waals surface area contributed by atoms with Crippen LogP contribution in [0.15, 0.2) is 30.3 Å². The lowest BCUT2D eigenvalue weighted by Crippen LogP contribution is -2.32. The first-order valence-electron chi connectivity index (χ1n) is 7.63. The lowest BCUT2D eigenvalue weighted by Gasteiger charge is -2.15. The molecule has 1 aromatic rings. The van der Waals surface area contributed by atoms with E-state index < -0.39 is 27.7 Å². The summed E-state index contributed by atoms with van der Waals surface area (Å²) in [5, 5.41) is 2.55. The van der Waals surface area contributed by atoms with Crippen molar-refractivity contribution in [2.24, 2.45) is 0 Å². The third kappa shape index (κ3) is 7.27. The maximum atomic E-state index is 12.6. The maximum Gasteiger partial charge on any atom is 0.416 e. The van der Waals surface area contributed by atoms with Gasteiger partial charge in [0.2, 0.25) is 15.9 Å². The summed E-state index contributed by atoms with van der Waals surface area (Å²) in [6, 6.07) is 4.64. The molecule has 1 rings (SSSR count). The van der Waals surface area contributed by atoms with E-state index in [1.54, 1.807) is 6.92 Å². The first-order chi connectivity index (χ1) is 11.6. The van der Waals surface area contributed by atoms with Gasteiger partial charge in [0.25, 0.3) is 0 Å². The molecule has 0 aliphatic heterocycles. The van der Waals surface area contributed by atoms with Gasteiger partial charge in [0.15, 0.2) is 0 Å². The Hall–Kier alpha value is -1.87. The number of nitrogens with one attached hydrogen (secondary N) is 1. The Morgan fingerprint density at radius 2 is 2.00 bits per heavy atom. The van der Waals surface area contributed by atoms with Crippen LogP contribution in [0.25, 0.3) is 6.08 Å². The molecule has 1 amide bonds. The highest BCUT2D eigenvalue weighted by Crippen LogP contribution is 2.29. The molecule has 0 spiro atoms. The van der Waals surface area contributed by atoms with Gasteiger partial charge in [-0.25, -0.2) is 12.7 Å². The molecule has 1 aromatic carbocycles. The number of nitrogens with zero attached hydrogens (tertiary/aromatic N) is 1. The van der Waals surface area contributed by atoms with Crippen molar-refractivity contribution in [1.82, 2.24) is 9.62 Å². The molecule has 0 saturated heterocycles. The van der Waals surface area contributed by atoms with Gasteiger partial charge in [-0.15, -0.1) is 0 Å². The number of halogens is 3. The Morgan fingerprint density at radius 3 is 2.60 bits per heavy atom. The van der Waals surface area contributed by atoms with Crippen LogP contribution in [-0.2, 0) is 21.0 Å². The van der Waals surface area contributed by atoms with Crippen molar-refractivity contribution in [3.63, 3.8) is 0 Å². The smallest absolute Gasteiger partial charge is 0.353 e. The molecule has 0 aliphatic rings. The topological polar surface area (TPSA) is 66.5 Å². The molecule has 0 saturated carbocycles. The van der Waals surface area contributed by atoms with Gasteiger partial charge in [-0.05, 0) is 37.1 Å². The minimum absolute atomic E-state index is 0.00951. The van der Waals surface area contributed by atoms with Gasteiger partial charge in [0, 0.05) is 26.2 Å². The molecule has 0 aliphatic carbocycles. The van der Waals surface area contributed by atoms with E-state index in [0.29, 0.717) is 6.42 Å². The summed E-state index contributed by atoms with van der Waals surface area (Å²) in [6.45, 7) is 2.08. The summed E-state index contributed by atoms with van der Waals surface area (Å²) in [6.07, 6.45) is -1.57. The van der Waals surface area contributed by atoms with Crippen LogP contribution in [0.4, 0.5) is 13.2 Å². The normalized spacial score (nSPS) is 12.7. The second kappa shape index (κ2) is 9.00. The number of hydrogen-bond acceptors (Lipinski definition) is 3. The van der Waals surface area contributed by atoms with E-state index in [1.807, 2.05) is 0 Å². The van der Waals surface area contributed by atoms with Crippen molar-refractivity contribution >= 4 is 22.0 Å². The van der Waals surface area contributed by atoms with Crippen LogP contribution in [0, 0.1) is 0 Å². The Bertz CT molecular complexity index is 716. The van der Waals surface area contributed by atoms with E-state index in [0.717, 1.165) is 18.2 Å². The fraction of sp³-hybridized carbons (Fsp3) is 0.438. The third-order valence-electron chi connectivity index (χ3n) is 3.43. The van der Waals surface area contributed by atoms with E-state index >= 15 is 0 Å². The SMILES string of the molecule is CCS(=O)(=O)N(C)CCCNC(=O)/C=C/c1cccc(C(F)(F)F)c1. The molecule has 25 heavy (non-hydrogen) atoms. The summed E-state index contributed by atoms with van der Waals surface area (Å²) in [5.41, 5.74) is -0.519. The van der Waals surface area contributed by atoms with Crippen LogP contribution in [0.1, 0.15) is 24.5 Å². The molecule has 0 aromatic heterocycles. The fourth-order valence-electron chi connectivity index (χ4n) is 1.92. The molecule has 0 atom stereocenters. The van der Waals surface area contributed by atoms with Crippen molar-refractivity contribution in [2.45, 2.75) is 19.5 Å². The van der Waals surface area contributed by atoms with Crippen molar-refractivity contribution in [3.05, 3.63) is 41.5 Å². The number of amides is 1. The molecular formula is C16H21F3N2O3S. The van der Waals surface area contributed by atoms with Crippen molar-refractivity contribution in [2.75, 3.05) is 25.9 Å². The predicted molar refractivity (Wildman–Crippen MR) is 90.2 cm³/mol. The summed E-state index contributed by atoms with van der Waals surface area (Å²) in [4.78, 5) is 11.6. The molecule has 0 fully saturated rings. The summed E-state index contributed by atoms with van der Waals surface area (Å²) in [7, 11) is -1.78. The predicted octanol–water partition coefficient (Wildman–Crippen LogP) is 2.51. The van der Waals surface area contributed by atoms with Crippen LogP contribution in [-0.4, -0.2) is 44.5 Å². The highest BCUT2D eigenvalue weighted by Gasteiger charge is 2.30. The number of carbonyl (C=O) groups excluding carboxylic acids is 1. The average Bonchev–Trinajstić information content (AvgIpc) is 2.56. The van der Waals surface area contributed by atoms with E-state index in [4.69, 9.17) is 0 Å². The number of alkyl halides is 3. The highest BCUT2D eigenvalue weighted by atomic mass is 32.2. The number of sulfonamides is 1. The van der Waals surface area contributed by atoms with Gasteiger partial charge in [-0.2, -0.15) is 13.2 Å². The molecule has 140 valence electrons. The van der Waals surface area contributed by atoms with Gasteiger partial charge in [0.1, 0.15) is 0 Å². The molecule has 0 unspecified atom stereocenters. The minimum Gasteiger partial charge on any atom is -0.353 e. The zero-order valence-electron chi connectivity index (χ0n) is 14.0. The molecule has 0 heterocycles. The molecule has 1 N–H and O–H groups in total. The molecule has 0 bridgehead atoms. The standard InChI is InChI=1S/C16H21F3N2O3S/c1-3-25(23,24)21(2)11-5-10-20-15(22)9-8-13-6-4-7-14(12-13)16(17,18)19/h4,6-9,12H,3,5,10-11H2,1-2H3,(H,20,22)/b9-8+. The Morgan fingerprint density at radius 1 is 1.32 bits per heavy atom. The highest BCUT2D eigenvalue weighted by molar-refractivity contribution is 7.89. The van der Waals surface area contributed by atoms with E-state index in [2.05, 4.69) is 5.32 Å². The van der Waals surface area contributed by atoms with Crippen molar-refractivity contribution < 1.29 is 26.4 Å². The Balaban J connectivity index is 2.46. The average molecular weight is 378 g/mol. The van der Waals surface area contributed by atoms with Gasteiger partial charge in [-0.1, -0.05) is 12.1 Å². The minimum atomic E-state index is -4.43. The number of carbonyl (C=O) groups is 1. The number of benzene rings is 1. The summed E-state index contributed by atoms with van der Waals surface area (Å²) in [5.74, 6) is -0.450. The lowest BCUT2D eigenvalue weighted by molar-refractivity contribution is -0.137. The largest absolute Gasteiger partial charge is 0.416 e. The fourth-order valence-corrected chi connectivity index (χ4v) is 2.77. The van der Waals surface area contributed by atoms with Crippen LogP contribution < -0.4 is 5.32 Å². The molecule has 0 radical (unpaired) electrons. The van der Waals surface area contributed by atoms with Crippen LogP contribution in [0.3, 0.4) is 0 Å². The zero-order chi connectivity index (χ0) is 19.1. The van der Waals surface area contributed by atoms with Crippen LogP contribution in [0.2, 0.25) is 0 Å². The van der Waals surface area contributed by atoms with Gasteiger partial charge >= 0.3 is 6.18 Å².